The molecule has 0 aromatic heterocycles. The lowest BCUT2D eigenvalue weighted by Crippen LogP contribution is -2.43. The quantitative estimate of drug-likeness (QED) is 0.504. The number of nitro groups is 1. The van der Waals surface area contributed by atoms with Gasteiger partial charge in [0.1, 0.15) is 0 Å². The van der Waals surface area contributed by atoms with Crippen LogP contribution in [-0.4, -0.2) is 17.5 Å². The maximum Gasteiger partial charge on any atom is 0.269 e. The van der Waals surface area contributed by atoms with Crippen LogP contribution in [0, 0.1) is 22.0 Å². The maximum absolute atomic E-state index is 10.9. The number of benzene rings is 1. The van der Waals surface area contributed by atoms with Crippen LogP contribution in [0.4, 0.5) is 11.4 Å². The molecule has 1 aromatic carbocycles. The van der Waals surface area contributed by atoms with Crippen molar-refractivity contribution in [3.8, 4) is 0 Å². The minimum Gasteiger partial charge on any atom is -0.381 e. The molecule has 1 aromatic rings. The summed E-state index contributed by atoms with van der Waals surface area (Å²) in [5.41, 5.74) is 8.03. The fourth-order valence-electron chi connectivity index (χ4n) is 3.44. The second-order valence-electron chi connectivity index (χ2n) is 5.77. The molecule has 0 saturated carbocycles. The van der Waals surface area contributed by atoms with E-state index in [9.17, 15) is 10.1 Å². The first-order chi connectivity index (χ1) is 9.61. The van der Waals surface area contributed by atoms with Crippen molar-refractivity contribution in [2.24, 2.45) is 17.6 Å². The Morgan fingerprint density at radius 3 is 3.05 bits per heavy atom. The first-order valence-electron chi connectivity index (χ1n) is 7.03. The van der Waals surface area contributed by atoms with Gasteiger partial charge < -0.3 is 11.1 Å². The van der Waals surface area contributed by atoms with Crippen LogP contribution in [0.15, 0.2) is 30.4 Å². The van der Waals surface area contributed by atoms with Crippen molar-refractivity contribution in [3.05, 3.63) is 46.0 Å². The van der Waals surface area contributed by atoms with Crippen LogP contribution in [0.25, 0.3) is 0 Å². The number of non-ortho nitro benzene ring substituents is 1. The van der Waals surface area contributed by atoms with Crippen molar-refractivity contribution in [3.63, 3.8) is 0 Å². The number of rotatable bonds is 3. The molecule has 5 heteroatoms. The number of nitro benzene ring substituents is 1. The van der Waals surface area contributed by atoms with Gasteiger partial charge >= 0.3 is 0 Å². The maximum atomic E-state index is 10.9. The molecule has 5 nitrogen and oxygen atoms in total. The summed E-state index contributed by atoms with van der Waals surface area (Å²) in [7, 11) is 0. The van der Waals surface area contributed by atoms with E-state index in [1.165, 1.54) is 0 Å². The minimum absolute atomic E-state index is 0.162. The predicted molar refractivity (Wildman–Crippen MR) is 78.7 cm³/mol. The topological polar surface area (TPSA) is 81.2 Å². The molecular weight excluding hydrogens is 254 g/mol. The first kappa shape index (κ1) is 13.1. The van der Waals surface area contributed by atoms with Crippen molar-refractivity contribution in [2.75, 3.05) is 11.9 Å². The third kappa shape index (κ3) is 1.98. The Labute approximate surface area is 118 Å². The summed E-state index contributed by atoms with van der Waals surface area (Å²) in [5.74, 6) is 1.10. The fourth-order valence-corrected chi connectivity index (χ4v) is 3.44. The van der Waals surface area contributed by atoms with E-state index in [1.807, 2.05) is 6.07 Å². The number of nitrogens with two attached hydrogens (primary N) is 1. The van der Waals surface area contributed by atoms with Gasteiger partial charge in [-0.05, 0) is 36.4 Å². The monoisotopic (exact) mass is 273 g/mol. The number of hydrogen-bond donors (Lipinski definition) is 2. The van der Waals surface area contributed by atoms with E-state index in [-0.39, 0.29) is 16.5 Å². The molecule has 20 heavy (non-hydrogen) atoms. The molecule has 1 aliphatic carbocycles. The summed E-state index contributed by atoms with van der Waals surface area (Å²) in [6.45, 7) is 2.80. The Balaban J connectivity index is 2.02. The van der Waals surface area contributed by atoms with E-state index in [0.717, 1.165) is 17.7 Å². The summed E-state index contributed by atoms with van der Waals surface area (Å²) in [6.07, 6.45) is 5.38. The van der Waals surface area contributed by atoms with E-state index in [2.05, 4.69) is 24.4 Å². The Morgan fingerprint density at radius 2 is 2.35 bits per heavy atom. The van der Waals surface area contributed by atoms with E-state index in [0.29, 0.717) is 24.4 Å². The van der Waals surface area contributed by atoms with Crippen LogP contribution in [-0.2, 0) is 0 Å². The predicted octanol–water partition coefficient (Wildman–Crippen LogP) is 2.64. The van der Waals surface area contributed by atoms with Crippen LogP contribution in [0.1, 0.15) is 24.8 Å². The van der Waals surface area contributed by atoms with Crippen LogP contribution in [0.3, 0.4) is 0 Å². The summed E-state index contributed by atoms with van der Waals surface area (Å²) < 4.78 is 0. The Bertz CT molecular complexity index is 570. The van der Waals surface area contributed by atoms with Gasteiger partial charge in [-0.2, -0.15) is 0 Å². The van der Waals surface area contributed by atoms with E-state index >= 15 is 0 Å². The lowest BCUT2D eigenvalue weighted by atomic mass is 9.75. The standard InChI is InChI=1S/C15H19N3O2/c1-9(8-16)15-12-4-2-3-11(12)13-7-10(18(19)20)5-6-14(13)17-15/h2-3,5-7,9,11-12,15,17H,4,8,16H2,1H3. The molecule has 0 spiro atoms. The number of nitrogens with one attached hydrogen (secondary N) is 1. The summed E-state index contributed by atoms with van der Waals surface area (Å²) in [5, 5.41) is 14.5. The number of nitrogens with zero attached hydrogens (tertiary/aromatic N) is 1. The normalized spacial score (nSPS) is 28.4. The molecule has 2 aliphatic rings. The van der Waals surface area contributed by atoms with Crippen LogP contribution in [0.5, 0.6) is 0 Å². The van der Waals surface area contributed by atoms with Gasteiger partial charge in [0, 0.05) is 29.8 Å². The van der Waals surface area contributed by atoms with Crippen LogP contribution >= 0.6 is 0 Å². The molecule has 1 aliphatic heterocycles. The highest BCUT2D eigenvalue weighted by molar-refractivity contribution is 5.62. The second-order valence-corrected chi connectivity index (χ2v) is 5.77. The molecule has 0 amide bonds. The lowest BCUT2D eigenvalue weighted by molar-refractivity contribution is -0.384. The summed E-state index contributed by atoms with van der Waals surface area (Å²) >= 11 is 0. The molecule has 106 valence electrons. The second kappa shape index (κ2) is 4.90. The summed E-state index contributed by atoms with van der Waals surface area (Å²) in [4.78, 5) is 10.6. The SMILES string of the molecule is CC(CN)C1Nc2ccc([N+](=O)[O-])cc2C2C=CCC21. The van der Waals surface area contributed by atoms with Crippen molar-refractivity contribution in [1.82, 2.24) is 0 Å². The fraction of sp³-hybridized carbons (Fsp3) is 0.467. The third-order valence-corrected chi connectivity index (χ3v) is 4.59. The van der Waals surface area contributed by atoms with E-state index < -0.39 is 0 Å². The molecule has 0 bridgehead atoms. The van der Waals surface area contributed by atoms with E-state index in [1.54, 1.807) is 12.1 Å². The average molecular weight is 273 g/mol. The van der Waals surface area contributed by atoms with Crippen molar-refractivity contribution in [1.29, 1.82) is 0 Å². The number of anilines is 1. The van der Waals surface area contributed by atoms with Crippen molar-refractivity contribution >= 4 is 11.4 Å². The molecule has 1 heterocycles. The van der Waals surface area contributed by atoms with Gasteiger partial charge in [0.05, 0.1) is 4.92 Å². The highest BCUT2D eigenvalue weighted by Crippen LogP contribution is 2.46. The van der Waals surface area contributed by atoms with Gasteiger partial charge in [0.25, 0.3) is 5.69 Å². The molecule has 3 N–H and O–H groups in total. The minimum atomic E-state index is -0.331. The molecule has 4 unspecified atom stereocenters. The molecule has 4 atom stereocenters. The van der Waals surface area contributed by atoms with Gasteiger partial charge in [-0.15, -0.1) is 0 Å². The van der Waals surface area contributed by atoms with Gasteiger partial charge in [-0.1, -0.05) is 19.1 Å². The first-order valence-corrected chi connectivity index (χ1v) is 7.03. The van der Waals surface area contributed by atoms with E-state index in [4.69, 9.17) is 5.73 Å². The zero-order chi connectivity index (χ0) is 14.3. The van der Waals surface area contributed by atoms with Crippen molar-refractivity contribution < 1.29 is 4.92 Å². The number of hydrogen-bond acceptors (Lipinski definition) is 4. The average Bonchev–Trinajstić information content (AvgIpc) is 2.94. The molecular formula is C15H19N3O2. The largest absolute Gasteiger partial charge is 0.381 e. The highest BCUT2D eigenvalue weighted by atomic mass is 16.6. The van der Waals surface area contributed by atoms with Crippen LogP contribution in [0.2, 0.25) is 0 Å². The van der Waals surface area contributed by atoms with Gasteiger partial charge in [-0.25, -0.2) is 0 Å². The smallest absolute Gasteiger partial charge is 0.269 e. The molecule has 3 rings (SSSR count). The third-order valence-electron chi connectivity index (χ3n) is 4.59. The van der Waals surface area contributed by atoms with Crippen molar-refractivity contribution in [2.45, 2.75) is 25.3 Å². The summed E-state index contributed by atoms with van der Waals surface area (Å²) in [6, 6.07) is 5.43. The van der Waals surface area contributed by atoms with Gasteiger partial charge in [0.15, 0.2) is 0 Å². The van der Waals surface area contributed by atoms with Gasteiger partial charge in [-0.3, -0.25) is 10.1 Å². The highest BCUT2D eigenvalue weighted by Gasteiger charge is 2.39. The zero-order valence-electron chi connectivity index (χ0n) is 11.5. The Hall–Kier alpha value is -1.88. The van der Waals surface area contributed by atoms with Crippen LogP contribution < -0.4 is 11.1 Å². The zero-order valence-corrected chi connectivity index (χ0v) is 11.5. The Morgan fingerprint density at radius 1 is 1.55 bits per heavy atom. The molecule has 0 fully saturated rings. The lowest BCUT2D eigenvalue weighted by Gasteiger charge is -2.40. The van der Waals surface area contributed by atoms with Gasteiger partial charge in [0.2, 0.25) is 0 Å². The number of fused-ring (bicyclic) bond motifs is 3. The Kier molecular flexibility index (Phi) is 3.22. The molecule has 0 saturated heterocycles. The number of allylic oxidation sites excluding steroid dienone is 2. The molecule has 0 radical (unpaired) electrons.